The molecule has 0 fully saturated rings. The molecule has 0 radical (unpaired) electrons. The minimum absolute atomic E-state index is 0.226. The summed E-state index contributed by atoms with van der Waals surface area (Å²) in [6, 6.07) is 5.92. The van der Waals surface area contributed by atoms with Crippen molar-refractivity contribution < 1.29 is 14.3 Å². The molecule has 0 bridgehead atoms. The third-order valence-corrected chi connectivity index (χ3v) is 2.89. The highest BCUT2D eigenvalue weighted by Gasteiger charge is 2.17. The van der Waals surface area contributed by atoms with Crippen molar-refractivity contribution in [3.05, 3.63) is 23.8 Å². The standard InChI is InChI=1S/C13H16O3/c1-3-10(6-9(2)14)11-4-5-12-13(7-11)16-8-15-12/h4-5,7,10H,3,6,8H2,1-2H3. The molecule has 1 heterocycles. The van der Waals surface area contributed by atoms with Crippen molar-refractivity contribution >= 4 is 5.78 Å². The first-order chi connectivity index (χ1) is 7.70. The van der Waals surface area contributed by atoms with Gasteiger partial charge >= 0.3 is 0 Å². The molecule has 0 spiro atoms. The normalized spacial score (nSPS) is 14.9. The van der Waals surface area contributed by atoms with E-state index in [-0.39, 0.29) is 11.7 Å². The number of hydrogen-bond acceptors (Lipinski definition) is 3. The molecule has 1 unspecified atom stereocenters. The fraction of sp³-hybridized carbons (Fsp3) is 0.462. The summed E-state index contributed by atoms with van der Waals surface area (Å²) in [5, 5.41) is 0. The Morgan fingerprint density at radius 3 is 2.81 bits per heavy atom. The van der Waals surface area contributed by atoms with E-state index in [0.29, 0.717) is 13.2 Å². The molecule has 1 atom stereocenters. The molecule has 3 heteroatoms. The van der Waals surface area contributed by atoms with E-state index >= 15 is 0 Å². The fourth-order valence-electron chi connectivity index (χ4n) is 2.01. The predicted octanol–water partition coefficient (Wildman–Crippen LogP) is 2.89. The van der Waals surface area contributed by atoms with Crippen molar-refractivity contribution in [1.82, 2.24) is 0 Å². The predicted molar refractivity (Wildman–Crippen MR) is 60.9 cm³/mol. The minimum Gasteiger partial charge on any atom is -0.454 e. The van der Waals surface area contributed by atoms with Crippen molar-refractivity contribution in [2.45, 2.75) is 32.6 Å². The topological polar surface area (TPSA) is 35.5 Å². The zero-order valence-corrected chi connectivity index (χ0v) is 9.66. The fourth-order valence-corrected chi connectivity index (χ4v) is 2.01. The van der Waals surface area contributed by atoms with E-state index in [1.165, 1.54) is 0 Å². The largest absolute Gasteiger partial charge is 0.454 e. The second-order valence-corrected chi connectivity index (χ2v) is 4.12. The molecule has 0 aromatic heterocycles. The summed E-state index contributed by atoms with van der Waals surface area (Å²) in [6.07, 6.45) is 1.55. The van der Waals surface area contributed by atoms with Crippen LogP contribution in [0.1, 0.15) is 38.2 Å². The number of rotatable bonds is 4. The van der Waals surface area contributed by atoms with Crippen LogP contribution in [-0.2, 0) is 4.79 Å². The molecule has 0 N–H and O–H groups in total. The first kappa shape index (κ1) is 11.0. The van der Waals surface area contributed by atoms with E-state index in [0.717, 1.165) is 23.5 Å². The SMILES string of the molecule is CCC(CC(C)=O)c1ccc2c(c1)OCO2. The molecule has 1 aliphatic heterocycles. The van der Waals surface area contributed by atoms with Gasteiger partial charge in [-0.1, -0.05) is 13.0 Å². The Bertz CT molecular complexity index is 398. The quantitative estimate of drug-likeness (QED) is 0.782. The number of carbonyl (C=O) groups excluding carboxylic acids is 1. The maximum absolute atomic E-state index is 11.2. The van der Waals surface area contributed by atoms with Crippen LogP contribution in [0.5, 0.6) is 11.5 Å². The van der Waals surface area contributed by atoms with Crippen LogP contribution in [0, 0.1) is 0 Å². The monoisotopic (exact) mass is 220 g/mol. The average Bonchev–Trinajstić information content (AvgIpc) is 2.72. The molecule has 0 amide bonds. The second-order valence-electron chi connectivity index (χ2n) is 4.12. The van der Waals surface area contributed by atoms with Crippen LogP contribution in [0.3, 0.4) is 0 Å². The van der Waals surface area contributed by atoms with E-state index < -0.39 is 0 Å². The van der Waals surface area contributed by atoms with E-state index in [2.05, 4.69) is 6.92 Å². The number of Topliss-reactive ketones (excluding diaryl/α,β-unsaturated/α-hetero) is 1. The van der Waals surface area contributed by atoms with Crippen LogP contribution in [0.4, 0.5) is 0 Å². The van der Waals surface area contributed by atoms with E-state index in [9.17, 15) is 4.79 Å². The number of ketones is 1. The van der Waals surface area contributed by atoms with E-state index in [1.807, 2.05) is 18.2 Å². The molecule has 1 aromatic carbocycles. The average molecular weight is 220 g/mol. The maximum atomic E-state index is 11.2. The number of carbonyl (C=O) groups is 1. The summed E-state index contributed by atoms with van der Waals surface area (Å²) in [4.78, 5) is 11.2. The van der Waals surface area contributed by atoms with Gasteiger partial charge in [0.1, 0.15) is 5.78 Å². The first-order valence-corrected chi connectivity index (χ1v) is 5.59. The molecule has 16 heavy (non-hydrogen) atoms. The second kappa shape index (κ2) is 4.56. The van der Waals surface area contributed by atoms with Crippen molar-refractivity contribution in [3.8, 4) is 11.5 Å². The third kappa shape index (κ3) is 2.18. The zero-order chi connectivity index (χ0) is 11.5. The molecule has 86 valence electrons. The van der Waals surface area contributed by atoms with Gasteiger partial charge in [-0.15, -0.1) is 0 Å². The summed E-state index contributed by atoms with van der Waals surface area (Å²) < 4.78 is 10.6. The van der Waals surface area contributed by atoms with Gasteiger partial charge in [0, 0.05) is 6.42 Å². The summed E-state index contributed by atoms with van der Waals surface area (Å²) >= 11 is 0. The van der Waals surface area contributed by atoms with E-state index in [1.54, 1.807) is 6.92 Å². The summed E-state index contributed by atoms with van der Waals surface area (Å²) in [5.74, 6) is 2.09. The van der Waals surface area contributed by atoms with Crippen LogP contribution in [-0.4, -0.2) is 12.6 Å². The number of ether oxygens (including phenoxy) is 2. The summed E-state index contributed by atoms with van der Waals surface area (Å²) in [5.41, 5.74) is 1.15. The van der Waals surface area contributed by atoms with Crippen molar-refractivity contribution in [3.63, 3.8) is 0 Å². The molecule has 0 saturated carbocycles. The number of benzene rings is 1. The van der Waals surface area contributed by atoms with Crippen molar-refractivity contribution in [2.75, 3.05) is 6.79 Å². The highest BCUT2D eigenvalue weighted by Crippen LogP contribution is 2.36. The van der Waals surface area contributed by atoms with Gasteiger partial charge < -0.3 is 14.3 Å². The summed E-state index contributed by atoms with van der Waals surface area (Å²) in [7, 11) is 0. The van der Waals surface area contributed by atoms with Gasteiger partial charge in [0.2, 0.25) is 6.79 Å². The van der Waals surface area contributed by atoms with Crippen LogP contribution in [0.25, 0.3) is 0 Å². The van der Waals surface area contributed by atoms with Gasteiger partial charge in [-0.25, -0.2) is 0 Å². The van der Waals surface area contributed by atoms with Crippen molar-refractivity contribution in [2.24, 2.45) is 0 Å². The third-order valence-electron chi connectivity index (χ3n) is 2.89. The minimum atomic E-state index is 0.226. The Hall–Kier alpha value is -1.51. The molecular formula is C13H16O3. The lowest BCUT2D eigenvalue weighted by Gasteiger charge is -2.13. The Labute approximate surface area is 95.4 Å². The molecular weight excluding hydrogens is 204 g/mol. The molecule has 1 aliphatic rings. The van der Waals surface area contributed by atoms with Gasteiger partial charge in [0.25, 0.3) is 0 Å². The molecule has 3 nitrogen and oxygen atoms in total. The lowest BCUT2D eigenvalue weighted by Crippen LogP contribution is -2.03. The van der Waals surface area contributed by atoms with Gasteiger partial charge in [-0.2, -0.15) is 0 Å². The smallest absolute Gasteiger partial charge is 0.231 e. The zero-order valence-electron chi connectivity index (χ0n) is 9.66. The van der Waals surface area contributed by atoms with Crippen LogP contribution in [0.15, 0.2) is 18.2 Å². The summed E-state index contributed by atoms with van der Waals surface area (Å²) in [6.45, 7) is 4.02. The maximum Gasteiger partial charge on any atom is 0.231 e. The molecule has 2 rings (SSSR count). The van der Waals surface area contributed by atoms with Crippen LogP contribution in [0.2, 0.25) is 0 Å². The molecule has 1 aromatic rings. The first-order valence-electron chi connectivity index (χ1n) is 5.59. The Morgan fingerprint density at radius 2 is 2.12 bits per heavy atom. The lowest BCUT2D eigenvalue weighted by molar-refractivity contribution is -0.117. The van der Waals surface area contributed by atoms with Gasteiger partial charge in [-0.3, -0.25) is 0 Å². The van der Waals surface area contributed by atoms with Crippen LogP contribution >= 0.6 is 0 Å². The Kier molecular flexibility index (Phi) is 3.13. The number of fused-ring (bicyclic) bond motifs is 1. The molecule has 0 aliphatic carbocycles. The number of hydrogen-bond donors (Lipinski definition) is 0. The van der Waals surface area contributed by atoms with Crippen LogP contribution < -0.4 is 9.47 Å². The lowest BCUT2D eigenvalue weighted by atomic mass is 9.91. The van der Waals surface area contributed by atoms with Crippen molar-refractivity contribution in [1.29, 1.82) is 0 Å². The van der Waals surface area contributed by atoms with Gasteiger partial charge in [0.15, 0.2) is 11.5 Å². The Balaban J connectivity index is 2.21. The van der Waals surface area contributed by atoms with Gasteiger partial charge in [0.05, 0.1) is 0 Å². The highest BCUT2D eigenvalue weighted by molar-refractivity contribution is 5.76. The molecule has 0 saturated heterocycles. The van der Waals surface area contributed by atoms with Gasteiger partial charge in [-0.05, 0) is 37.0 Å². The highest BCUT2D eigenvalue weighted by atomic mass is 16.7. The Morgan fingerprint density at radius 1 is 1.38 bits per heavy atom. The van der Waals surface area contributed by atoms with E-state index in [4.69, 9.17) is 9.47 Å².